The number of anilines is 1. The lowest BCUT2D eigenvalue weighted by Crippen LogP contribution is -2.38. The summed E-state index contributed by atoms with van der Waals surface area (Å²) in [4.78, 5) is 14.5. The Labute approximate surface area is 162 Å². The van der Waals surface area contributed by atoms with Crippen molar-refractivity contribution >= 4 is 23.3 Å². The van der Waals surface area contributed by atoms with Gasteiger partial charge in [-0.05, 0) is 30.3 Å². The van der Waals surface area contributed by atoms with Gasteiger partial charge >= 0.3 is 6.03 Å². The lowest BCUT2D eigenvalue weighted by atomic mass is 10.0. The molecule has 2 aromatic carbocycles. The third kappa shape index (κ3) is 3.61. The van der Waals surface area contributed by atoms with Gasteiger partial charge < -0.3 is 15.0 Å². The molecule has 2 heterocycles. The normalized spacial score (nSPS) is 13.2. The number of rotatable bonds is 3. The molecule has 2 amide bonds. The summed E-state index contributed by atoms with van der Waals surface area (Å²) in [5, 5.41) is 11.1. The number of nitrogens with zero attached hydrogens (tertiary/aromatic N) is 2. The van der Waals surface area contributed by atoms with Crippen LogP contribution in [0.2, 0.25) is 5.02 Å². The van der Waals surface area contributed by atoms with Gasteiger partial charge in [0.15, 0.2) is 0 Å². The summed E-state index contributed by atoms with van der Waals surface area (Å²) in [6.45, 7) is 1.11. The lowest BCUT2D eigenvalue weighted by Gasteiger charge is -2.27. The summed E-state index contributed by atoms with van der Waals surface area (Å²) < 4.78 is 5.31. The first-order valence-electron chi connectivity index (χ1n) is 8.66. The van der Waals surface area contributed by atoms with E-state index in [0.717, 1.165) is 34.7 Å². The fraction of sp³-hybridized carbons (Fsp3) is 0.200. The molecule has 138 valence electrons. The number of urea groups is 1. The number of H-pyrrole nitrogens is 1. The van der Waals surface area contributed by atoms with Gasteiger partial charge in [-0.2, -0.15) is 5.10 Å². The molecule has 0 spiro atoms. The molecule has 1 aliphatic rings. The molecule has 1 aliphatic heterocycles. The van der Waals surface area contributed by atoms with Gasteiger partial charge in [-0.1, -0.05) is 29.8 Å². The largest absolute Gasteiger partial charge is 0.497 e. The van der Waals surface area contributed by atoms with Gasteiger partial charge in [0.1, 0.15) is 5.75 Å². The molecule has 0 saturated carbocycles. The number of halogens is 1. The minimum absolute atomic E-state index is 0.152. The van der Waals surface area contributed by atoms with E-state index in [1.165, 1.54) is 0 Å². The van der Waals surface area contributed by atoms with Crippen molar-refractivity contribution in [1.82, 2.24) is 15.1 Å². The van der Waals surface area contributed by atoms with Gasteiger partial charge in [-0.3, -0.25) is 5.10 Å². The van der Waals surface area contributed by atoms with E-state index in [0.29, 0.717) is 23.8 Å². The predicted octanol–water partition coefficient (Wildman–Crippen LogP) is 4.33. The van der Waals surface area contributed by atoms with Crippen LogP contribution in [0.3, 0.4) is 0 Å². The van der Waals surface area contributed by atoms with Crippen LogP contribution in [0.15, 0.2) is 48.5 Å². The Hall–Kier alpha value is -2.99. The summed E-state index contributed by atoms with van der Waals surface area (Å²) in [5.74, 6) is 0.774. The molecule has 1 aromatic heterocycles. The average Bonchev–Trinajstić information content (AvgIpc) is 3.11. The summed E-state index contributed by atoms with van der Waals surface area (Å²) in [6.07, 6.45) is 0.731. The third-order valence-electron chi connectivity index (χ3n) is 4.64. The molecule has 4 rings (SSSR count). The van der Waals surface area contributed by atoms with E-state index in [1.54, 1.807) is 24.1 Å². The maximum atomic E-state index is 12.7. The standard InChI is InChI=1S/C20H19ClN4O2/c1-27-16-7-2-4-13(10-16)19-17-12-25(9-8-18(17)23-24-19)20(26)22-15-6-3-5-14(21)11-15/h2-7,10-11H,8-9,12H2,1H3,(H,22,26)(H,23,24). The number of nitrogens with one attached hydrogen (secondary N) is 2. The van der Waals surface area contributed by atoms with Gasteiger partial charge in [-0.15, -0.1) is 0 Å². The summed E-state index contributed by atoms with van der Waals surface area (Å²) in [7, 11) is 1.64. The highest BCUT2D eigenvalue weighted by molar-refractivity contribution is 6.30. The highest BCUT2D eigenvalue weighted by Crippen LogP contribution is 2.30. The lowest BCUT2D eigenvalue weighted by molar-refractivity contribution is 0.206. The molecular formula is C20H19ClN4O2. The second-order valence-electron chi connectivity index (χ2n) is 6.37. The first kappa shape index (κ1) is 17.4. The quantitative estimate of drug-likeness (QED) is 0.708. The van der Waals surface area contributed by atoms with E-state index >= 15 is 0 Å². The number of fused-ring (bicyclic) bond motifs is 1. The Morgan fingerprint density at radius 3 is 2.93 bits per heavy atom. The maximum Gasteiger partial charge on any atom is 0.322 e. The van der Waals surface area contributed by atoms with E-state index in [1.807, 2.05) is 36.4 Å². The number of hydrogen-bond donors (Lipinski definition) is 2. The van der Waals surface area contributed by atoms with Crippen LogP contribution in [0, 0.1) is 0 Å². The fourth-order valence-corrected chi connectivity index (χ4v) is 3.44. The van der Waals surface area contributed by atoms with Crippen LogP contribution in [0.5, 0.6) is 5.75 Å². The molecule has 2 N–H and O–H groups in total. The number of benzene rings is 2. The Morgan fingerprint density at radius 2 is 2.11 bits per heavy atom. The number of aromatic nitrogens is 2. The number of amides is 2. The smallest absolute Gasteiger partial charge is 0.322 e. The zero-order valence-electron chi connectivity index (χ0n) is 14.8. The van der Waals surface area contributed by atoms with Gasteiger partial charge in [0, 0.05) is 40.5 Å². The van der Waals surface area contributed by atoms with Crippen LogP contribution in [-0.2, 0) is 13.0 Å². The van der Waals surface area contributed by atoms with Gasteiger partial charge in [0.2, 0.25) is 0 Å². The van der Waals surface area contributed by atoms with Crippen molar-refractivity contribution in [3.05, 3.63) is 64.8 Å². The third-order valence-corrected chi connectivity index (χ3v) is 4.87. The van der Waals surface area contributed by atoms with E-state index in [9.17, 15) is 4.79 Å². The minimum Gasteiger partial charge on any atom is -0.497 e. The molecule has 0 saturated heterocycles. The molecule has 0 bridgehead atoms. The second kappa shape index (κ2) is 7.32. The zero-order valence-corrected chi connectivity index (χ0v) is 15.6. The van der Waals surface area contributed by atoms with E-state index in [2.05, 4.69) is 15.5 Å². The van der Waals surface area contributed by atoms with Crippen LogP contribution in [0.4, 0.5) is 10.5 Å². The SMILES string of the molecule is COc1cccc(-c2n[nH]c3c2CN(C(=O)Nc2cccc(Cl)c2)CC3)c1. The molecule has 0 aliphatic carbocycles. The minimum atomic E-state index is -0.152. The molecule has 7 heteroatoms. The van der Waals surface area contributed by atoms with Crippen LogP contribution in [-0.4, -0.2) is 34.8 Å². The average molecular weight is 383 g/mol. The van der Waals surface area contributed by atoms with Gasteiger partial charge in [0.25, 0.3) is 0 Å². The molecule has 0 atom stereocenters. The number of aromatic amines is 1. The first-order valence-corrected chi connectivity index (χ1v) is 9.04. The van der Waals surface area contributed by atoms with Crippen LogP contribution < -0.4 is 10.1 Å². The Balaban J connectivity index is 1.55. The summed E-state index contributed by atoms with van der Waals surface area (Å²) >= 11 is 5.99. The Morgan fingerprint density at radius 1 is 1.26 bits per heavy atom. The second-order valence-corrected chi connectivity index (χ2v) is 6.81. The van der Waals surface area contributed by atoms with Crippen molar-refractivity contribution in [2.75, 3.05) is 19.0 Å². The van der Waals surface area contributed by atoms with Crippen molar-refractivity contribution in [2.45, 2.75) is 13.0 Å². The molecule has 0 unspecified atom stereocenters. The summed E-state index contributed by atoms with van der Waals surface area (Å²) in [6, 6.07) is 14.7. The zero-order chi connectivity index (χ0) is 18.8. The predicted molar refractivity (Wildman–Crippen MR) is 105 cm³/mol. The van der Waals surface area contributed by atoms with E-state index in [4.69, 9.17) is 16.3 Å². The van der Waals surface area contributed by atoms with Gasteiger partial charge in [0.05, 0.1) is 19.3 Å². The molecule has 27 heavy (non-hydrogen) atoms. The Bertz CT molecular complexity index is 986. The van der Waals surface area contributed by atoms with E-state index < -0.39 is 0 Å². The highest BCUT2D eigenvalue weighted by Gasteiger charge is 2.26. The van der Waals surface area contributed by atoms with Crippen LogP contribution in [0.1, 0.15) is 11.3 Å². The number of carbonyl (C=O) groups is 1. The fourth-order valence-electron chi connectivity index (χ4n) is 3.25. The monoisotopic (exact) mass is 382 g/mol. The topological polar surface area (TPSA) is 70.2 Å². The van der Waals surface area contributed by atoms with Crippen molar-refractivity contribution in [1.29, 1.82) is 0 Å². The first-order chi connectivity index (χ1) is 13.1. The molecule has 6 nitrogen and oxygen atoms in total. The van der Waals surface area contributed by atoms with Crippen molar-refractivity contribution in [2.24, 2.45) is 0 Å². The number of carbonyl (C=O) groups excluding carboxylic acids is 1. The number of hydrogen-bond acceptors (Lipinski definition) is 3. The summed E-state index contributed by atoms with van der Waals surface area (Å²) in [5.41, 5.74) is 4.60. The molecular weight excluding hydrogens is 364 g/mol. The highest BCUT2D eigenvalue weighted by atomic mass is 35.5. The number of methoxy groups -OCH3 is 1. The van der Waals surface area contributed by atoms with Crippen molar-refractivity contribution < 1.29 is 9.53 Å². The van der Waals surface area contributed by atoms with E-state index in [-0.39, 0.29) is 6.03 Å². The van der Waals surface area contributed by atoms with Gasteiger partial charge in [-0.25, -0.2) is 4.79 Å². The van der Waals surface area contributed by atoms with Crippen LogP contribution >= 0.6 is 11.6 Å². The van der Waals surface area contributed by atoms with Crippen LogP contribution in [0.25, 0.3) is 11.3 Å². The molecule has 0 fully saturated rings. The van der Waals surface area contributed by atoms with Crippen molar-refractivity contribution in [3.8, 4) is 17.0 Å². The Kier molecular flexibility index (Phi) is 4.73. The number of ether oxygens (including phenoxy) is 1. The van der Waals surface area contributed by atoms with Crippen molar-refractivity contribution in [3.63, 3.8) is 0 Å². The molecule has 3 aromatic rings. The maximum absolute atomic E-state index is 12.7. The molecule has 0 radical (unpaired) electrons.